The first-order chi connectivity index (χ1) is 16.3. The fraction of sp³-hybridized carbons (Fsp3) is 0.600. The van der Waals surface area contributed by atoms with Gasteiger partial charge in [-0.3, -0.25) is 14.5 Å². The normalized spacial score (nSPS) is 19.9. The molecule has 0 aliphatic carbocycles. The summed E-state index contributed by atoms with van der Waals surface area (Å²) in [5.74, 6) is -4.00. The molecule has 1 unspecified atom stereocenters. The Hall–Kier alpha value is -1.03. The van der Waals surface area contributed by atoms with Crippen molar-refractivity contribution in [1.29, 1.82) is 0 Å². The van der Waals surface area contributed by atoms with E-state index < -0.39 is 62.2 Å². The van der Waals surface area contributed by atoms with Gasteiger partial charge in [-0.05, 0) is 34.2 Å². The number of aliphatic carboxylic acids is 1. The zero-order valence-electron chi connectivity index (χ0n) is 17.5. The topological polar surface area (TPSA) is 190 Å². The summed E-state index contributed by atoms with van der Waals surface area (Å²) in [6.07, 6.45) is 0.162. The van der Waals surface area contributed by atoms with Crippen molar-refractivity contribution in [3.63, 3.8) is 0 Å². The molecule has 1 fully saturated rings. The number of carboxylic acids is 1. The predicted octanol–water partition coefficient (Wildman–Crippen LogP) is -1.21. The van der Waals surface area contributed by atoms with Crippen LogP contribution in [0, 0.1) is 0 Å². The Balaban J connectivity index is 0.00000456. The minimum absolute atomic E-state index is 0. The second-order valence-corrected chi connectivity index (χ2v) is 12.0. The molecule has 0 spiro atoms. The molecule has 21 heteroatoms. The van der Waals surface area contributed by atoms with E-state index >= 15 is 0 Å². The van der Waals surface area contributed by atoms with Gasteiger partial charge in [0.15, 0.2) is 0 Å². The van der Waals surface area contributed by atoms with Crippen molar-refractivity contribution in [3.8, 4) is 0 Å². The minimum atomic E-state index is -4.60. The molecule has 0 radical (unpaired) electrons. The maximum atomic E-state index is 12.5. The number of nitrogens with zero attached hydrogens (tertiary/aromatic N) is 5. The van der Waals surface area contributed by atoms with E-state index in [1.54, 1.807) is 0 Å². The number of hydrogen-bond acceptors (Lipinski definition) is 11. The fourth-order valence-electron chi connectivity index (χ4n) is 3.16. The summed E-state index contributed by atoms with van der Waals surface area (Å²) < 4.78 is 60.3. The van der Waals surface area contributed by atoms with E-state index in [9.17, 15) is 41.1 Å². The first-order valence-corrected chi connectivity index (χ1v) is 14.3. The van der Waals surface area contributed by atoms with Crippen molar-refractivity contribution in [2.45, 2.75) is 35.0 Å². The number of fused-ring (bicyclic) bond motifs is 1. The Morgan fingerprint density at radius 2 is 2.03 bits per heavy atom. The number of carbonyl (C=O) groups excluding carboxylic acids is 2. The van der Waals surface area contributed by atoms with Crippen LogP contribution in [0.3, 0.4) is 0 Å². The van der Waals surface area contributed by atoms with Crippen LogP contribution in [0.1, 0.15) is 6.42 Å². The van der Waals surface area contributed by atoms with Crippen molar-refractivity contribution < 1.29 is 41.1 Å². The number of alkyl halides is 3. The van der Waals surface area contributed by atoms with Crippen LogP contribution in [-0.2, 0) is 31.0 Å². The van der Waals surface area contributed by atoms with Crippen LogP contribution < -0.4 is 10.5 Å². The van der Waals surface area contributed by atoms with Crippen LogP contribution in [0.4, 0.5) is 13.2 Å². The van der Waals surface area contributed by atoms with Gasteiger partial charge in [-0.2, -0.15) is 13.2 Å². The summed E-state index contributed by atoms with van der Waals surface area (Å²) in [5, 5.41) is 27.5. The number of carboxylic acid groups (broad SMARTS) is 1. The Morgan fingerprint density at radius 3 is 2.64 bits per heavy atom. The molecule has 2 amide bonds. The molecule has 0 bridgehead atoms. The van der Waals surface area contributed by atoms with Gasteiger partial charge >= 0.3 is 41.0 Å². The van der Waals surface area contributed by atoms with Gasteiger partial charge in [-0.1, -0.05) is 11.8 Å². The van der Waals surface area contributed by atoms with Crippen LogP contribution >= 0.6 is 35.3 Å². The number of tetrazole rings is 1. The Morgan fingerprint density at radius 1 is 1.33 bits per heavy atom. The molecule has 36 heavy (non-hydrogen) atoms. The number of β-lactam (4-membered cyclic amide) rings is 1. The number of primary sulfonamides is 1. The Bertz CT molecular complexity index is 1150. The number of sulfonamides is 1. The summed E-state index contributed by atoms with van der Waals surface area (Å²) in [6.45, 7) is 0.159. The van der Waals surface area contributed by atoms with Crippen LogP contribution in [-0.4, -0.2) is 126 Å². The number of halogens is 3. The maximum absolute atomic E-state index is 12.5. The van der Waals surface area contributed by atoms with Crippen molar-refractivity contribution in [2.24, 2.45) is 5.14 Å². The van der Waals surface area contributed by atoms with Gasteiger partial charge in [0.05, 0.1) is 11.5 Å². The second kappa shape index (κ2) is 12.7. The molecular formula is C15H19F3N7NaO6S4. The van der Waals surface area contributed by atoms with Gasteiger partial charge < -0.3 is 10.4 Å². The quantitative estimate of drug-likeness (QED) is 0.156. The van der Waals surface area contributed by atoms with E-state index in [0.717, 1.165) is 16.7 Å². The first-order valence-electron chi connectivity index (χ1n) is 9.56. The summed E-state index contributed by atoms with van der Waals surface area (Å²) in [6, 6.07) is -1.13. The van der Waals surface area contributed by atoms with Crippen molar-refractivity contribution >= 4 is 92.6 Å². The SMILES string of the molecule is NS(=O)(=O)CCCn1nnnc1SCC1=C(C(=O)O)N2C(=O)C(NC(=O)CSC(F)(F)F)[C@H]2SC1.[NaH]. The molecule has 1 aromatic rings. The summed E-state index contributed by atoms with van der Waals surface area (Å²) in [4.78, 5) is 37.2. The Kier molecular flexibility index (Phi) is 11.0. The monoisotopic (exact) mass is 601 g/mol. The molecule has 1 aromatic heterocycles. The third-order valence-corrected chi connectivity index (χ3v) is 8.58. The predicted molar refractivity (Wildman–Crippen MR) is 126 cm³/mol. The van der Waals surface area contributed by atoms with Gasteiger partial charge in [0.2, 0.25) is 21.1 Å². The number of nitrogens with two attached hydrogens (primary N) is 1. The number of amides is 2. The fourth-order valence-corrected chi connectivity index (χ4v) is 6.46. The molecule has 0 aromatic carbocycles. The molecule has 1 saturated heterocycles. The average Bonchev–Trinajstić information content (AvgIpc) is 3.19. The molecular weight excluding hydrogens is 582 g/mol. The van der Waals surface area contributed by atoms with Crippen molar-refractivity contribution in [3.05, 3.63) is 11.3 Å². The molecule has 196 valence electrons. The Labute approximate surface area is 237 Å². The number of aryl methyl sites for hydroxylation is 1. The molecule has 4 N–H and O–H groups in total. The summed E-state index contributed by atoms with van der Waals surface area (Å²) in [7, 11) is -3.65. The summed E-state index contributed by atoms with van der Waals surface area (Å²) >= 11 is 1.71. The van der Waals surface area contributed by atoms with Crippen LogP contribution in [0.2, 0.25) is 0 Å². The third-order valence-electron chi connectivity index (χ3n) is 4.61. The molecule has 3 heterocycles. The number of thioether (sulfide) groups is 3. The van der Waals surface area contributed by atoms with Crippen LogP contribution in [0.25, 0.3) is 0 Å². The number of nitrogens with one attached hydrogen (secondary N) is 1. The van der Waals surface area contributed by atoms with E-state index in [-0.39, 0.29) is 65.5 Å². The van der Waals surface area contributed by atoms with E-state index in [1.807, 2.05) is 0 Å². The molecule has 3 rings (SSSR count). The zero-order chi connectivity index (χ0) is 26.0. The van der Waals surface area contributed by atoms with Crippen LogP contribution in [0.15, 0.2) is 16.4 Å². The molecule has 2 aliphatic rings. The number of carbonyl (C=O) groups is 3. The zero-order valence-corrected chi connectivity index (χ0v) is 20.7. The van der Waals surface area contributed by atoms with Gasteiger partial charge in [-0.25, -0.2) is 23.0 Å². The van der Waals surface area contributed by atoms with E-state index in [1.165, 1.54) is 16.4 Å². The van der Waals surface area contributed by atoms with Crippen LogP contribution in [0.5, 0.6) is 0 Å². The summed E-state index contributed by atoms with van der Waals surface area (Å²) in [5.41, 5.74) is -4.48. The van der Waals surface area contributed by atoms with E-state index in [4.69, 9.17) is 5.14 Å². The van der Waals surface area contributed by atoms with Crippen molar-refractivity contribution in [1.82, 2.24) is 30.4 Å². The van der Waals surface area contributed by atoms with Gasteiger partial charge in [-0.15, -0.1) is 16.9 Å². The molecule has 13 nitrogen and oxygen atoms in total. The van der Waals surface area contributed by atoms with Gasteiger partial charge in [0, 0.05) is 18.1 Å². The van der Waals surface area contributed by atoms with E-state index in [2.05, 4.69) is 20.8 Å². The molecule has 2 aliphatic heterocycles. The molecule has 2 atom stereocenters. The number of aromatic nitrogens is 4. The average molecular weight is 602 g/mol. The molecule has 0 saturated carbocycles. The van der Waals surface area contributed by atoms with Gasteiger partial charge in [0.25, 0.3) is 5.91 Å². The van der Waals surface area contributed by atoms with E-state index in [0.29, 0.717) is 10.7 Å². The van der Waals surface area contributed by atoms with Crippen molar-refractivity contribution in [2.75, 3.05) is 23.0 Å². The third kappa shape index (κ3) is 8.23. The van der Waals surface area contributed by atoms with Gasteiger partial charge in [0.1, 0.15) is 17.1 Å². The standard InChI is InChI=1S/C15H18F3N7O6S4.Na.H/c16-15(17,18)34-6-8(26)20-9-11(27)25-10(13(28)29)7(4-32-12(9)25)5-33-14-21-22-23-24(14)2-1-3-35(19,30)31;;/h9,12H,1-6H2,(H,20,26)(H,28,29)(H2,19,30,31);;/t9?,12-;;/m1../s1. The number of hydrogen-bond donors (Lipinski definition) is 3. The number of rotatable bonds is 11. The second-order valence-electron chi connectivity index (χ2n) is 7.14. The first kappa shape index (κ1) is 31.2.